The fraction of sp³-hybridized carbons (Fsp3) is 0.385. The number of rotatable bonds is 6. The van der Waals surface area contributed by atoms with Crippen LogP contribution in [0.5, 0.6) is 5.75 Å². The van der Waals surface area contributed by atoms with Crippen LogP contribution in [0, 0.1) is 0 Å². The summed E-state index contributed by atoms with van der Waals surface area (Å²) in [7, 11) is 0. The molecule has 1 rings (SSSR count). The lowest BCUT2D eigenvalue weighted by Crippen LogP contribution is -2.11. The molecule has 0 heterocycles. The van der Waals surface area contributed by atoms with Gasteiger partial charge in [-0.2, -0.15) is 0 Å². The highest BCUT2D eigenvalue weighted by Gasteiger charge is 2.14. The molecule has 5 heteroatoms. The first kappa shape index (κ1) is 14.7. The van der Waals surface area contributed by atoms with Gasteiger partial charge in [-0.1, -0.05) is 28.1 Å². The highest BCUT2D eigenvalue weighted by atomic mass is 79.9. The van der Waals surface area contributed by atoms with Crippen LogP contribution in [0.2, 0.25) is 0 Å². The quantitative estimate of drug-likeness (QED) is 0.350. The largest absolute Gasteiger partial charge is 0.462 e. The standard InChI is InChI=1S/C13H15BrO4/c1-10(15)18-12-7-3-2-6-11(12)13(16)17-9-5-4-8-14/h2-3,6-7H,4-5,8-9H2,1H3. The minimum atomic E-state index is -0.471. The Morgan fingerprint density at radius 2 is 1.94 bits per heavy atom. The molecule has 18 heavy (non-hydrogen) atoms. The van der Waals surface area contributed by atoms with E-state index >= 15 is 0 Å². The van der Waals surface area contributed by atoms with E-state index in [9.17, 15) is 9.59 Å². The fourth-order valence-corrected chi connectivity index (χ4v) is 1.71. The van der Waals surface area contributed by atoms with E-state index in [4.69, 9.17) is 9.47 Å². The molecule has 0 saturated heterocycles. The molecule has 0 fully saturated rings. The third kappa shape index (κ3) is 4.87. The van der Waals surface area contributed by atoms with E-state index in [1.165, 1.54) is 6.92 Å². The summed E-state index contributed by atoms with van der Waals surface area (Å²) in [6.45, 7) is 1.65. The molecule has 0 saturated carbocycles. The van der Waals surface area contributed by atoms with Crippen molar-refractivity contribution in [3.05, 3.63) is 29.8 Å². The number of unbranched alkanes of at least 4 members (excludes halogenated alkanes) is 1. The average molecular weight is 315 g/mol. The van der Waals surface area contributed by atoms with Crippen molar-refractivity contribution in [1.82, 2.24) is 0 Å². The number of para-hydroxylation sites is 1. The zero-order chi connectivity index (χ0) is 13.4. The van der Waals surface area contributed by atoms with Crippen molar-refractivity contribution in [2.24, 2.45) is 0 Å². The van der Waals surface area contributed by atoms with E-state index in [1.54, 1.807) is 24.3 Å². The van der Waals surface area contributed by atoms with E-state index in [-0.39, 0.29) is 11.3 Å². The summed E-state index contributed by atoms with van der Waals surface area (Å²) < 4.78 is 10.0. The molecule has 0 aliphatic rings. The number of halogens is 1. The van der Waals surface area contributed by atoms with Gasteiger partial charge in [0.05, 0.1) is 6.61 Å². The maximum absolute atomic E-state index is 11.8. The van der Waals surface area contributed by atoms with Gasteiger partial charge in [0, 0.05) is 12.3 Å². The molecule has 0 aliphatic heterocycles. The van der Waals surface area contributed by atoms with Gasteiger partial charge in [-0.25, -0.2) is 4.79 Å². The minimum absolute atomic E-state index is 0.232. The molecule has 0 radical (unpaired) electrons. The molecule has 98 valence electrons. The Kier molecular flexibility index (Phi) is 6.43. The summed E-state index contributed by atoms with van der Waals surface area (Å²) in [5, 5.41) is 0.884. The van der Waals surface area contributed by atoms with Gasteiger partial charge in [0.25, 0.3) is 0 Å². The van der Waals surface area contributed by atoms with Crippen molar-refractivity contribution >= 4 is 27.9 Å². The lowest BCUT2D eigenvalue weighted by Gasteiger charge is -2.08. The average Bonchev–Trinajstić information content (AvgIpc) is 2.34. The molecule has 0 aliphatic carbocycles. The Balaban J connectivity index is 2.63. The third-order valence-corrected chi connectivity index (χ3v) is 2.68. The monoisotopic (exact) mass is 314 g/mol. The van der Waals surface area contributed by atoms with E-state index in [1.807, 2.05) is 0 Å². The van der Waals surface area contributed by atoms with E-state index in [0.717, 1.165) is 18.2 Å². The van der Waals surface area contributed by atoms with Crippen LogP contribution in [0.3, 0.4) is 0 Å². The molecule has 0 unspecified atom stereocenters. The van der Waals surface area contributed by atoms with E-state index < -0.39 is 11.9 Å². The van der Waals surface area contributed by atoms with E-state index in [0.29, 0.717) is 6.61 Å². The summed E-state index contributed by atoms with van der Waals surface area (Å²) >= 11 is 3.30. The highest BCUT2D eigenvalue weighted by Crippen LogP contribution is 2.19. The molecule has 0 atom stereocenters. The van der Waals surface area contributed by atoms with Crippen molar-refractivity contribution in [1.29, 1.82) is 0 Å². The first-order valence-corrected chi connectivity index (χ1v) is 6.78. The van der Waals surface area contributed by atoms with Crippen molar-refractivity contribution in [3.63, 3.8) is 0 Å². The van der Waals surface area contributed by atoms with Gasteiger partial charge < -0.3 is 9.47 Å². The lowest BCUT2D eigenvalue weighted by atomic mass is 10.2. The SMILES string of the molecule is CC(=O)Oc1ccccc1C(=O)OCCCCBr. The normalized spacial score (nSPS) is 9.89. The second kappa shape index (κ2) is 7.87. The molecule has 0 N–H and O–H groups in total. The summed E-state index contributed by atoms with van der Waals surface area (Å²) in [6.07, 6.45) is 1.74. The fourth-order valence-electron chi connectivity index (χ4n) is 1.32. The predicted molar refractivity (Wildman–Crippen MR) is 71.1 cm³/mol. The molecular formula is C13H15BrO4. The van der Waals surface area contributed by atoms with Crippen LogP contribution in [-0.4, -0.2) is 23.9 Å². The highest BCUT2D eigenvalue weighted by molar-refractivity contribution is 9.09. The van der Waals surface area contributed by atoms with Crippen LogP contribution in [0.4, 0.5) is 0 Å². The molecule has 1 aromatic carbocycles. The van der Waals surface area contributed by atoms with Crippen molar-refractivity contribution < 1.29 is 19.1 Å². The number of carbonyl (C=O) groups excluding carboxylic acids is 2. The van der Waals surface area contributed by atoms with Crippen LogP contribution < -0.4 is 4.74 Å². The molecule has 0 amide bonds. The van der Waals surface area contributed by atoms with Crippen LogP contribution in [0.15, 0.2) is 24.3 Å². The van der Waals surface area contributed by atoms with Crippen LogP contribution in [-0.2, 0) is 9.53 Å². The number of benzene rings is 1. The van der Waals surface area contributed by atoms with Gasteiger partial charge in [-0.15, -0.1) is 0 Å². The van der Waals surface area contributed by atoms with Crippen LogP contribution in [0.1, 0.15) is 30.1 Å². The third-order valence-electron chi connectivity index (χ3n) is 2.12. The maximum Gasteiger partial charge on any atom is 0.341 e. The molecule has 0 spiro atoms. The van der Waals surface area contributed by atoms with Gasteiger partial charge in [-0.05, 0) is 25.0 Å². The number of hydrogen-bond donors (Lipinski definition) is 0. The molecule has 0 aromatic heterocycles. The zero-order valence-corrected chi connectivity index (χ0v) is 11.7. The Morgan fingerprint density at radius 3 is 2.61 bits per heavy atom. The summed E-state index contributed by atoms with van der Waals surface area (Å²) in [6, 6.07) is 6.53. The summed E-state index contributed by atoms with van der Waals surface area (Å²) in [5.41, 5.74) is 0.270. The van der Waals surface area contributed by atoms with Gasteiger partial charge in [-0.3, -0.25) is 4.79 Å². The number of ether oxygens (including phenoxy) is 2. The Bertz CT molecular complexity index is 417. The first-order valence-electron chi connectivity index (χ1n) is 5.65. The molecule has 0 bridgehead atoms. The van der Waals surface area contributed by atoms with Gasteiger partial charge in [0.2, 0.25) is 0 Å². The topological polar surface area (TPSA) is 52.6 Å². The number of hydrogen-bond acceptors (Lipinski definition) is 4. The maximum atomic E-state index is 11.8. The van der Waals surface area contributed by atoms with Crippen molar-refractivity contribution in [2.75, 3.05) is 11.9 Å². The number of esters is 2. The Labute approximate surface area is 114 Å². The number of alkyl halides is 1. The summed E-state index contributed by atoms with van der Waals surface area (Å²) in [4.78, 5) is 22.7. The van der Waals surface area contributed by atoms with Crippen LogP contribution >= 0.6 is 15.9 Å². The van der Waals surface area contributed by atoms with Gasteiger partial charge in [0.15, 0.2) is 0 Å². The second-order valence-corrected chi connectivity index (χ2v) is 4.41. The summed E-state index contributed by atoms with van der Waals surface area (Å²) in [5.74, 6) is -0.702. The Hall–Kier alpha value is -1.36. The van der Waals surface area contributed by atoms with E-state index in [2.05, 4.69) is 15.9 Å². The van der Waals surface area contributed by atoms with Crippen molar-refractivity contribution in [2.45, 2.75) is 19.8 Å². The van der Waals surface area contributed by atoms with Gasteiger partial charge >= 0.3 is 11.9 Å². The molecular weight excluding hydrogens is 300 g/mol. The molecule has 1 aromatic rings. The van der Waals surface area contributed by atoms with Gasteiger partial charge in [0.1, 0.15) is 11.3 Å². The zero-order valence-electron chi connectivity index (χ0n) is 10.1. The number of carbonyl (C=O) groups is 2. The smallest absolute Gasteiger partial charge is 0.341 e. The first-order chi connectivity index (χ1) is 8.65. The lowest BCUT2D eigenvalue weighted by molar-refractivity contribution is -0.131. The second-order valence-electron chi connectivity index (χ2n) is 3.62. The minimum Gasteiger partial charge on any atom is -0.462 e. The van der Waals surface area contributed by atoms with Crippen molar-refractivity contribution in [3.8, 4) is 5.75 Å². The Morgan fingerprint density at radius 1 is 1.22 bits per heavy atom. The molecule has 4 nitrogen and oxygen atoms in total. The van der Waals surface area contributed by atoms with Crippen LogP contribution in [0.25, 0.3) is 0 Å². The predicted octanol–water partition coefficient (Wildman–Crippen LogP) is 2.94.